The van der Waals surface area contributed by atoms with E-state index in [1.807, 2.05) is 11.3 Å². The molecule has 4 heterocycles. The molecule has 0 fully saturated rings. The van der Waals surface area contributed by atoms with E-state index >= 15 is 0 Å². The number of hydrogen-bond donors (Lipinski definition) is 1. The van der Waals surface area contributed by atoms with Crippen molar-refractivity contribution in [2.75, 3.05) is 16.6 Å². The van der Waals surface area contributed by atoms with Crippen LogP contribution in [0.1, 0.15) is 21.7 Å². The van der Waals surface area contributed by atoms with Gasteiger partial charge in [0.25, 0.3) is 0 Å². The molecule has 0 saturated carbocycles. The van der Waals surface area contributed by atoms with E-state index in [4.69, 9.17) is 0 Å². The second-order valence-electron chi connectivity index (χ2n) is 9.90. The number of aromatic amines is 1. The summed E-state index contributed by atoms with van der Waals surface area (Å²) >= 11 is 1.92. The minimum Gasteiger partial charge on any atom is -0.356 e. The van der Waals surface area contributed by atoms with E-state index in [-0.39, 0.29) is 5.54 Å². The van der Waals surface area contributed by atoms with Crippen molar-refractivity contribution in [1.82, 2.24) is 4.98 Å². The van der Waals surface area contributed by atoms with Gasteiger partial charge < -0.3 is 4.98 Å². The number of para-hydroxylation sites is 3. The van der Waals surface area contributed by atoms with Gasteiger partial charge in [-0.3, -0.25) is 10.0 Å². The molecule has 2 aromatic heterocycles. The molecule has 36 heavy (non-hydrogen) atoms. The third-order valence-corrected chi connectivity index (χ3v) is 9.21. The predicted octanol–water partition coefficient (Wildman–Crippen LogP) is 7.67. The lowest BCUT2D eigenvalue weighted by Gasteiger charge is -2.45. The first-order valence-corrected chi connectivity index (χ1v) is 13.4. The van der Waals surface area contributed by atoms with Crippen LogP contribution in [0.3, 0.4) is 0 Å². The summed E-state index contributed by atoms with van der Waals surface area (Å²) in [7, 11) is 0. The molecule has 1 atom stereocenters. The molecule has 8 rings (SSSR count). The number of hydrazine groups is 1. The van der Waals surface area contributed by atoms with Gasteiger partial charge in [-0.15, -0.1) is 11.3 Å². The SMILES string of the molecule is c1ccc2c(c1)CCN2N1c2ccccc2CC1(c1cc2ccccc2[nH]1)c1cc2ccccc2s1. The zero-order valence-corrected chi connectivity index (χ0v) is 20.6. The van der Waals surface area contributed by atoms with Gasteiger partial charge in [0.05, 0.1) is 11.4 Å². The van der Waals surface area contributed by atoms with Crippen molar-refractivity contribution in [2.45, 2.75) is 18.4 Å². The topological polar surface area (TPSA) is 22.3 Å². The number of anilines is 2. The van der Waals surface area contributed by atoms with Crippen LogP contribution in [0, 0.1) is 0 Å². The monoisotopic (exact) mass is 483 g/mol. The Morgan fingerprint density at radius 3 is 2.28 bits per heavy atom. The summed E-state index contributed by atoms with van der Waals surface area (Å²) < 4.78 is 1.33. The maximum absolute atomic E-state index is 3.87. The molecule has 4 aromatic carbocycles. The van der Waals surface area contributed by atoms with Gasteiger partial charge in [-0.2, -0.15) is 0 Å². The van der Waals surface area contributed by atoms with Crippen LogP contribution in [0.5, 0.6) is 0 Å². The lowest BCUT2D eigenvalue weighted by atomic mass is 9.88. The number of rotatable bonds is 3. The molecule has 1 unspecified atom stereocenters. The summed E-state index contributed by atoms with van der Waals surface area (Å²) in [6.07, 6.45) is 1.98. The van der Waals surface area contributed by atoms with E-state index in [0.717, 1.165) is 19.4 Å². The van der Waals surface area contributed by atoms with Crippen LogP contribution in [0.25, 0.3) is 21.0 Å². The van der Waals surface area contributed by atoms with Crippen molar-refractivity contribution in [2.24, 2.45) is 0 Å². The Morgan fingerprint density at radius 1 is 0.694 bits per heavy atom. The minimum absolute atomic E-state index is 0.371. The molecule has 0 radical (unpaired) electrons. The first kappa shape index (κ1) is 20.2. The summed E-state index contributed by atoms with van der Waals surface area (Å²) in [6, 6.07) is 40.1. The molecule has 0 bridgehead atoms. The number of hydrogen-bond acceptors (Lipinski definition) is 3. The Bertz CT molecular complexity index is 1620. The highest BCUT2D eigenvalue weighted by atomic mass is 32.1. The Hall–Kier alpha value is -4.02. The van der Waals surface area contributed by atoms with E-state index in [1.165, 1.54) is 54.1 Å². The molecule has 0 aliphatic carbocycles. The minimum atomic E-state index is -0.371. The van der Waals surface area contributed by atoms with Gasteiger partial charge in [0.2, 0.25) is 0 Å². The fourth-order valence-electron chi connectivity index (χ4n) is 6.30. The van der Waals surface area contributed by atoms with Crippen LogP contribution in [-0.2, 0) is 18.4 Å². The Morgan fingerprint density at radius 2 is 1.42 bits per heavy atom. The molecule has 0 saturated heterocycles. The number of nitrogens with one attached hydrogen (secondary N) is 1. The van der Waals surface area contributed by atoms with Crippen molar-refractivity contribution < 1.29 is 0 Å². The van der Waals surface area contributed by atoms with Crippen LogP contribution >= 0.6 is 11.3 Å². The van der Waals surface area contributed by atoms with E-state index < -0.39 is 0 Å². The van der Waals surface area contributed by atoms with Crippen LogP contribution in [-0.4, -0.2) is 11.5 Å². The van der Waals surface area contributed by atoms with Crippen molar-refractivity contribution in [1.29, 1.82) is 0 Å². The second kappa shape index (κ2) is 7.49. The van der Waals surface area contributed by atoms with Gasteiger partial charge in [0.15, 0.2) is 0 Å². The molecule has 0 spiro atoms. The lowest BCUT2D eigenvalue weighted by molar-refractivity contribution is 0.487. The number of aromatic nitrogens is 1. The smallest absolute Gasteiger partial charge is 0.139 e. The zero-order valence-electron chi connectivity index (χ0n) is 19.8. The first-order valence-electron chi connectivity index (χ1n) is 12.6. The molecule has 4 heteroatoms. The average molecular weight is 484 g/mol. The molecule has 174 valence electrons. The van der Waals surface area contributed by atoms with Crippen LogP contribution in [0.15, 0.2) is 109 Å². The van der Waals surface area contributed by atoms with E-state index in [0.29, 0.717) is 0 Å². The molecule has 0 amide bonds. The van der Waals surface area contributed by atoms with Crippen LogP contribution in [0.4, 0.5) is 11.4 Å². The first-order chi connectivity index (χ1) is 17.8. The van der Waals surface area contributed by atoms with Gasteiger partial charge in [-0.1, -0.05) is 72.8 Å². The molecule has 2 aliphatic rings. The largest absolute Gasteiger partial charge is 0.356 e. The third kappa shape index (κ3) is 2.73. The van der Waals surface area contributed by atoms with Gasteiger partial charge in [-0.05, 0) is 64.7 Å². The summed E-state index contributed by atoms with van der Waals surface area (Å²) in [5, 5.41) is 7.72. The summed E-state index contributed by atoms with van der Waals surface area (Å²) in [4.78, 5) is 5.24. The average Bonchev–Trinajstić information content (AvgIpc) is 3.70. The van der Waals surface area contributed by atoms with Crippen LogP contribution < -0.4 is 10.0 Å². The van der Waals surface area contributed by atoms with E-state index in [1.54, 1.807) is 0 Å². The molecular formula is C32H25N3S. The van der Waals surface area contributed by atoms with Crippen molar-refractivity contribution >= 4 is 43.7 Å². The molecule has 1 N–H and O–H groups in total. The maximum atomic E-state index is 3.87. The van der Waals surface area contributed by atoms with E-state index in [9.17, 15) is 0 Å². The van der Waals surface area contributed by atoms with Crippen LogP contribution in [0.2, 0.25) is 0 Å². The molecular weight excluding hydrogens is 458 g/mol. The summed E-state index contributed by atoms with van der Waals surface area (Å²) in [5.74, 6) is 0. The predicted molar refractivity (Wildman–Crippen MR) is 151 cm³/mol. The summed E-state index contributed by atoms with van der Waals surface area (Å²) in [5.41, 5.74) is 7.48. The summed E-state index contributed by atoms with van der Waals surface area (Å²) in [6.45, 7) is 0.973. The van der Waals surface area contributed by atoms with Gasteiger partial charge in [0, 0.05) is 33.8 Å². The fraction of sp³-hybridized carbons (Fsp3) is 0.125. The quantitative estimate of drug-likeness (QED) is 0.279. The zero-order chi connectivity index (χ0) is 23.7. The maximum Gasteiger partial charge on any atom is 0.139 e. The number of benzene rings is 4. The molecule has 6 aromatic rings. The number of thiophene rings is 1. The molecule has 2 aliphatic heterocycles. The number of nitrogens with zero attached hydrogens (tertiary/aromatic N) is 2. The highest BCUT2D eigenvalue weighted by molar-refractivity contribution is 7.19. The standard InChI is InChI=1S/C32H25N3S/c1-5-13-26-23(10-1)19-30(33-26)32(31-20-24-11-4-8-16-29(24)36-31)21-25-12-3-7-15-28(25)35(32)34-18-17-22-9-2-6-14-27(22)34/h1-16,19-20,33H,17-18,21H2. The fourth-order valence-corrected chi connectivity index (χ4v) is 7.55. The Labute approximate surface area is 214 Å². The highest BCUT2D eigenvalue weighted by Gasteiger charge is 2.52. The highest BCUT2D eigenvalue weighted by Crippen LogP contribution is 2.54. The van der Waals surface area contributed by atoms with Crippen molar-refractivity contribution in [3.63, 3.8) is 0 Å². The Balaban J connectivity index is 1.45. The molecule has 3 nitrogen and oxygen atoms in total. The Kier molecular flexibility index (Phi) is 4.20. The lowest BCUT2D eigenvalue weighted by Crippen LogP contribution is -2.54. The van der Waals surface area contributed by atoms with E-state index in [2.05, 4.69) is 124 Å². The van der Waals surface area contributed by atoms with Crippen molar-refractivity contribution in [3.05, 3.63) is 131 Å². The number of H-pyrrole nitrogens is 1. The third-order valence-electron chi connectivity index (χ3n) is 7.94. The van der Waals surface area contributed by atoms with Gasteiger partial charge in [-0.25, -0.2) is 0 Å². The second-order valence-corrected chi connectivity index (χ2v) is 11.0. The van der Waals surface area contributed by atoms with Gasteiger partial charge >= 0.3 is 0 Å². The number of fused-ring (bicyclic) bond motifs is 4. The van der Waals surface area contributed by atoms with Gasteiger partial charge in [0.1, 0.15) is 5.54 Å². The normalized spacial score (nSPS) is 18.8. The van der Waals surface area contributed by atoms with Crippen molar-refractivity contribution in [3.8, 4) is 0 Å².